The maximum Gasteiger partial charge on any atom is 0.244 e. The molecule has 6 heteroatoms. The molecule has 0 bridgehead atoms. The van der Waals surface area contributed by atoms with Gasteiger partial charge in [-0.25, -0.2) is 0 Å². The number of carbonyl (C=O) groups is 1. The second kappa shape index (κ2) is 7.05. The second-order valence-corrected chi connectivity index (χ2v) is 6.37. The molecule has 0 unspecified atom stereocenters. The molecular formula is C16H24N4O2. The average molecular weight is 304 g/mol. The topological polar surface area (TPSA) is 80.0 Å². The molecule has 120 valence electrons. The first kappa shape index (κ1) is 15.2. The number of amides is 1. The van der Waals surface area contributed by atoms with Gasteiger partial charge in [-0.3, -0.25) is 9.48 Å². The predicted octanol–water partition coefficient (Wildman–Crippen LogP) is 1.21. The van der Waals surface area contributed by atoms with Crippen molar-refractivity contribution in [3.05, 3.63) is 23.5 Å². The summed E-state index contributed by atoms with van der Waals surface area (Å²) in [5.74, 6) is 0.471. The summed E-state index contributed by atoms with van der Waals surface area (Å²) >= 11 is 0. The van der Waals surface area contributed by atoms with E-state index in [2.05, 4.69) is 15.6 Å². The number of nitrogens with one attached hydrogen (secondary N) is 1. The first-order chi connectivity index (χ1) is 10.7. The van der Waals surface area contributed by atoms with E-state index in [1.54, 1.807) is 6.08 Å². The normalized spacial score (nSPS) is 24.1. The van der Waals surface area contributed by atoms with E-state index in [1.807, 2.05) is 10.9 Å². The third kappa shape index (κ3) is 3.74. The van der Waals surface area contributed by atoms with Gasteiger partial charge in [0.1, 0.15) is 0 Å². The average Bonchev–Trinajstić information content (AvgIpc) is 3.06. The van der Waals surface area contributed by atoms with E-state index in [-0.39, 0.29) is 18.6 Å². The number of carbonyl (C=O) groups excluding carboxylic acids is 1. The summed E-state index contributed by atoms with van der Waals surface area (Å²) in [6, 6.07) is 0.231. The highest BCUT2D eigenvalue weighted by molar-refractivity contribution is 5.88. The van der Waals surface area contributed by atoms with Gasteiger partial charge >= 0.3 is 0 Å². The Bertz CT molecular complexity index is 546. The van der Waals surface area contributed by atoms with E-state index >= 15 is 0 Å². The molecule has 22 heavy (non-hydrogen) atoms. The lowest BCUT2D eigenvalue weighted by Crippen LogP contribution is -2.38. The van der Waals surface area contributed by atoms with Crippen LogP contribution in [0.2, 0.25) is 0 Å². The van der Waals surface area contributed by atoms with Gasteiger partial charge in [-0.2, -0.15) is 0 Å². The standard InChI is InChI=1S/C16H24N4O2/c21-8-7-14-11-20(19-18-14)10-13-5-2-6-15(13)17-16(22)9-12-3-1-4-12/h9,11,13,15,21H,1-8,10H2,(H,17,22)/t13-,15-/m0/s1. The van der Waals surface area contributed by atoms with Crippen molar-refractivity contribution in [3.8, 4) is 0 Å². The zero-order valence-electron chi connectivity index (χ0n) is 12.9. The molecule has 0 aromatic carbocycles. The Morgan fingerprint density at radius 2 is 2.27 bits per heavy atom. The summed E-state index contributed by atoms with van der Waals surface area (Å²) in [6.45, 7) is 0.870. The van der Waals surface area contributed by atoms with Crippen molar-refractivity contribution in [2.45, 2.75) is 57.5 Å². The monoisotopic (exact) mass is 304 g/mol. The summed E-state index contributed by atoms with van der Waals surface area (Å²) in [5, 5.41) is 20.2. The van der Waals surface area contributed by atoms with Gasteiger partial charge in [-0.05, 0) is 38.0 Å². The minimum absolute atomic E-state index is 0.0613. The molecule has 1 amide bonds. The van der Waals surface area contributed by atoms with Crippen LogP contribution in [-0.2, 0) is 17.8 Å². The highest BCUT2D eigenvalue weighted by Crippen LogP contribution is 2.28. The van der Waals surface area contributed by atoms with Gasteiger partial charge in [0.25, 0.3) is 0 Å². The van der Waals surface area contributed by atoms with Crippen LogP contribution >= 0.6 is 0 Å². The Balaban J connectivity index is 1.54. The number of aromatic nitrogens is 3. The number of aliphatic hydroxyl groups is 1. The number of rotatable bonds is 6. The van der Waals surface area contributed by atoms with Crippen LogP contribution < -0.4 is 5.32 Å². The third-order valence-electron chi connectivity index (χ3n) is 4.69. The van der Waals surface area contributed by atoms with Gasteiger partial charge in [-0.1, -0.05) is 17.2 Å². The molecular weight excluding hydrogens is 280 g/mol. The van der Waals surface area contributed by atoms with E-state index in [4.69, 9.17) is 5.11 Å². The van der Waals surface area contributed by atoms with Crippen LogP contribution in [0.15, 0.2) is 17.8 Å². The van der Waals surface area contributed by atoms with E-state index in [0.29, 0.717) is 12.3 Å². The van der Waals surface area contributed by atoms with Crippen molar-refractivity contribution in [2.24, 2.45) is 5.92 Å². The lowest BCUT2D eigenvalue weighted by Gasteiger charge is -2.21. The quantitative estimate of drug-likeness (QED) is 0.774. The molecule has 0 radical (unpaired) electrons. The van der Waals surface area contributed by atoms with Crippen LogP contribution in [0.25, 0.3) is 0 Å². The number of aliphatic hydroxyl groups excluding tert-OH is 1. The SMILES string of the molecule is O=C(C=C1CCC1)N[C@H]1CCC[C@H]1Cn1cc(CCO)nn1. The molecule has 2 N–H and O–H groups in total. The summed E-state index contributed by atoms with van der Waals surface area (Å²) < 4.78 is 1.84. The molecule has 3 rings (SSSR count). The minimum Gasteiger partial charge on any atom is -0.396 e. The van der Waals surface area contributed by atoms with Crippen LogP contribution in [0.4, 0.5) is 0 Å². The smallest absolute Gasteiger partial charge is 0.244 e. The molecule has 0 aliphatic heterocycles. The molecule has 2 atom stereocenters. The van der Waals surface area contributed by atoms with Crippen molar-refractivity contribution in [2.75, 3.05) is 6.61 Å². The fourth-order valence-electron chi connectivity index (χ4n) is 3.28. The lowest BCUT2D eigenvalue weighted by molar-refractivity contribution is -0.117. The summed E-state index contributed by atoms with van der Waals surface area (Å²) in [6.07, 6.45) is 10.9. The maximum absolute atomic E-state index is 12.0. The molecule has 2 aliphatic carbocycles. The lowest BCUT2D eigenvalue weighted by atomic mass is 9.92. The largest absolute Gasteiger partial charge is 0.396 e. The van der Waals surface area contributed by atoms with Crippen molar-refractivity contribution in [3.63, 3.8) is 0 Å². The first-order valence-corrected chi connectivity index (χ1v) is 8.24. The third-order valence-corrected chi connectivity index (χ3v) is 4.69. The molecule has 0 spiro atoms. The Kier molecular flexibility index (Phi) is 4.87. The maximum atomic E-state index is 12.0. The summed E-state index contributed by atoms with van der Waals surface area (Å²) in [4.78, 5) is 12.0. The number of hydrogen-bond acceptors (Lipinski definition) is 4. The fourth-order valence-corrected chi connectivity index (χ4v) is 3.28. The van der Waals surface area contributed by atoms with Crippen LogP contribution in [0.1, 0.15) is 44.2 Å². The van der Waals surface area contributed by atoms with E-state index < -0.39 is 0 Å². The van der Waals surface area contributed by atoms with E-state index in [9.17, 15) is 4.79 Å². The van der Waals surface area contributed by atoms with Crippen molar-refractivity contribution in [1.82, 2.24) is 20.3 Å². The highest BCUT2D eigenvalue weighted by Gasteiger charge is 2.29. The molecule has 2 aliphatic rings. The molecule has 6 nitrogen and oxygen atoms in total. The van der Waals surface area contributed by atoms with Crippen LogP contribution in [0.5, 0.6) is 0 Å². The Hall–Kier alpha value is -1.69. The van der Waals surface area contributed by atoms with Crippen molar-refractivity contribution in [1.29, 1.82) is 0 Å². The molecule has 1 aromatic rings. The highest BCUT2D eigenvalue weighted by atomic mass is 16.3. The number of hydrogen-bond donors (Lipinski definition) is 2. The van der Waals surface area contributed by atoms with E-state index in [0.717, 1.165) is 44.3 Å². The van der Waals surface area contributed by atoms with Crippen molar-refractivity contribution < 1.29 is 9.90 Å². The fraction of sp³-hybridized carbons (Fsp3) is 0.688. The van der Waals surface area contributed by atoms with E-state index in [1.165, 1.54) is 12.0 Å². The van der Waals surface area contributed by atoms with Crippen LogP contribution in [0, 0.1) is 5.92 Å². The first-order valence-electron chi connectivity index (χ1n) is 8.24. The summed E-state index contributed by atoms with van der Waals surface area (Å²) in [7, 11) is 0. The van der Waals surface area contributed by atoms with Gasteiger partial charge in [-0.15, -0.1) is 5.10 Å². The Morgan fingerprint density at radius 1 is 1.41 bits per heavy atom. The van der Waals surface area contributed by atoms with Crippen molar-refractivity contribution >= 4 is 5.91 Å². The van der Waals surface area contributed by atoms with Crippen LogP contribution in [0.3, 0.4) is 0 Å². The zero-order valence-corrected chi connectivity index (χ0v) is 12.9. The molecule has 2 fully saturated rings. The Morgan fingerprint density at radius 3 is 3.00 bits per heavy atom. The van der Waals surface area contributed by atoms with Gasteiger partial charge in [0.05, 0.1) is 5.69 Å². The second-order valence-electron chi connectivity index (χ2n) is 6.37. The molecule has 2 saturated carbocycles. The predicted molar refractivity (Wildman–Crippen MR) is 82.0 cm³/mol. The number of nitrogens with zero attached hydrogens (tertiary/aromatic N) is 3. The molecule has 1 aromatic heterocycles. The van der Waals surface area contributed by atoms with Gasteiger partial charge in [0.2, 0.25) is 5.91 Å². The number of allylic oxidation sites excluding steroid dienone is 1. The van der Waals surface area contributed by atoms with Gasteiger partial charge < -0.3 is 10.4 Å². The summed E-state index contributed by atoms with van der Waals surface area (Å²) in [5.41, 5.74) is 2.09. The molecule has 1 heterocycles. The Labute approximate surface area is 130 Å². The van der Waals surface area contributed by atoms with Gasteiger partial charge in [0.15, 0.2) is 0 Å². The van der Waals surface area contributed by atoms with Gasteiger partial charge in [0, 0.05) is 37.9 Å². The van der Waals surface area contributed by atoms with Crippen LogP contribution in [-0.4, -0.2) is 38.7 Å². The minimum atomic E-state index is 0.0613. The zero-order chi connectivity index (χ0) is 15.4. The molecule has 0 saturated heterocycles.